The molecular formula is C21H27N3O2. The minimum absolute atomic E-state index is 0.0629. The maximum atomic E-state index is 12.5. The van der Waals surface area contributed by atoms with Crippen molar-refractivity contribution in [3.05, 3.63) is 58.9 Å². The van der Waals surface area contributed by atoms with Crippen LogP contribution < -0.4 is 4.74 Å². The Morgan fingerprint density at radius 3 is 2.27 bits per heavy atom. The summed E-state index contributed by atoms with van der Waals surface area (Å²) in [7, 11) is 0. The lowest BCUT2D eigenvalue weighted by atomic mass is 10.1. The van der Waals surface area contributed by atoms with Crippen LogP contribution in [0.15, 0.2) is 36.7 Å². The number of piperazine rings is 1. The van der Waals surface area contributed by atoms with Crippen molar-refractivity contribution in [2.45, 2.75) is 27.3 Å². The number of aryl methyl sites for hydroxylation is 3. The van der Waals surface area contributed by atoms with Crippen LogP contribution >= 0.6 is 0 Å². The number of hydrogen-bond donors (Lipinski definition) is 0. The Morgan fingerprint density at radius 1 is 1.04 bits per heavy atom. The molecule has 1 aliphatic heterocycles. The zero-order valence-electron chi connectivity index (χ0n) is 15.9. The third-order valence-corrected chi connectivity index (χ3v) is 4.83. The zero-order valence-corrected chi connectivity index (χ0v) is 15.9. The number of carbonyl (C=O) groups is 1. The fourth-order valence-electron chi connectivity index (χ4n) is 3.52. The highest BCUT2D eigenvalue weighted by Gasteiger charge is 2.21. The van der Waals surface area contributed by atoms with E-state index in [1.807, 2.05) is 43.3 Å². The van der Waals surface area contributed by atoms with Gasteiger partial charge < -0.3 is 9.64 Å². The average molecular weight is 353 g/mol. The summed E-state index contributed by atoms with van der Waals surface area (Å²) in [6.45, 7) is 10.4. The maximum Gasteiger partial charge on any atom is 0.260 e. The van der Waals surface area contributed by atoms with Gasteiger partial charge in [-0.1, -0.05) is 17.7 Å². The molecule has 26 heavy (non-hydrogen) atoms. The minimum atomic E-state index is 0.0629. The molecule has 0 bridgehead atoms. The van der Waals surface area contributed by atoms with Gasteiger partial charge in [-0.3, -0.25) is 14.7 Å². The molecular weight excluding hydrogens is 326 g/mol. The van der Waals surface area contributed by atoms with Crippen molar-refractivity contribution >= 4 is 5.91 Å². The Hall–Kier alpha value is -2.40. The molecule has 0 unspecified atom stereocenters. The molecule has 0 aliphatic carbocycles. The van der Waals surface area contributed by atoms with Crippen LogP contribution in [0.2, 0.25) is 0 Å². The molecule has 5 nitrogen and oxygen atoms in total. The van der Waals surface area contributed by atoms with Crippen LogP contribution in [0.3, 0.4) is 0 Å². The number of pyridine rings is 1. The monoisotopic (exact) mass is 353 g/mol. The summed E-state index contributed by atoms with van der Waals surface area (Å²) in [6.07, 6.45) is 3.64. The number of aromatic nitrogens is 1. The maximum absolute atomic E-state index is 12.5. The molecule has 3 rings (SSSR count). The summed E-state index contributed by atoms with van der Waals surface area (Å²) in [4.78, 5) is 20.8. The van der Waals surface area contributed by atoms with E-state index in [1.54, 1.807) is 0 Å². The molecule has 0 atom stereocenters. The highest BCUT2D eigenvalue weighted by Crippen LogP contribution is 2.24. The molecule has 5 heteroatoms. The van der Waals surface area contributed by atoms with Crippen molar-refractivity contribution in [3.63, 3.8) is 0 Å². The quantitative estimate of drug-likeness (QED) is 0.829. The zero-order chi connectivity index (χ0) is 18.5. The van der Waals surface area contributed by atoms with E-state index in [2.05, 4.69) is 28.9 Å². The molecule has 2 heterocycles. The van der Waals surface area contributed by atoms with Crippen molar-refractivity contribution in [1.29, 1.82) is 0 Å². The van der Waals surface area contributed by atoms with E-state index < -0.39 is 0 Å². The first-order valence-electron chi connectivity index (χ1n) is 9.12. The van der Waals surface area contributed by atoms with Crippen LogP contribution in [0.25, 0.3) is 0 Å². The Bertz CT molecular complexity index is 730. The lowest BCUT2D eigenvalue weighted by Crippen LogP contribution is -2.49. The van der Waals surface area contributed by atoms with Gasteiger partial charge in [0.2, 0.25) is 0 Å². The van der Waals surface area contributed by atoms with Gasteiger partial charge in [0.15, 0.2) is 6.61 Å². The van der Waals surface area contributed by atoms with Gasteiger partial charge in [-0.25, -0.2) is 0 Å². The van der Waals surface area contributed by atoms with Gasteiger partial charge in [0.1, 0.15) is 5.75 Å². The number of rotatable bonds is 5. The van der Waals surface area contributed by atoms with E-state index in [0.29, 0.717) is 0 Å². The summed E-state index contributed by atoms with van der Waals surface area (Å²) in [5, 5.41) is 0. The van der Waals surface area contributed by atoms with Crippen molar-refractivity contribution in [2.75, 3.05) is 32.8 Å². The molecule has 1 aromatic heterocycles. The SMILES string of the molecule is Cc1cc(C)c(OCC(=O)N2CCN(Cc3ccncc3)CC2)c(C)c1. The molecule has 0 N–H and O–H groups in total. The second-order valence-corrected chi connectivity index (χ2v) is 7.03. The Morgan fingerprint density at radius 2 is 1.65 bits per heavy atom. The third-order valence-electron chi connectivity index (χ3n) is 4.83. The summed E-state index contributed by atoms with van der Waals surface area (Å²) in [5.74, 6) is 0.896. The lowest BCUT2D eigenvalue weighted by Gasteiger charge is -2.34. The molecule has 1 aromatic carbocycles. The van der Waals surface area contributed by atoms with Crippen LogP contribution in [0.4, 0.5) is 0 Å². The lowest BCUT2D eigenvalue weighted by molar-refractivity contribution is -0.135. The minimum Gasteiger partial charge on any atom is -0.483 e. The Labute approximate surface area is 155 Å². The van der Waals surface area contributed by atoms with Gasteiger partial charge in [-0.05, 0) is 49.6 Å². The van der Waals surface area contributed by atoms with Gasteiger partial charge >= 0.3 is 0 Å². The number of nitrogens with zero attached hydrogens (tertiary/aromatic N) is 3. The Kier molecular flexibility index (Phi) is 5.89. The topological polar surface area (TPSA) is 45.7 Å². The van der Waals surface area contributed by atoms with E-state index in [-0.39, 0.29) is 12.5 Å². The normalized spacial score (nSPS) is 15.1. The number of benzene rings is 1. The van der Waals surface area contributed by atoms with Gasteiger partial charge in [-0.2, -0.15) is 0 Å². The fraction of sp³-hybridized carbons (Fsp3) is 0.429. The molecule has 0 saturated carbocycles. The van der Waals surface area contributed by atoms with E-state index in [4.69, 9.17) is 4.74 Å². The fourth-order valence-corrected chi connectivity index (χ4v) is 3.52. The molecule has 1 saturated heterocycles. The molecule has 0 radical (unpaired) electrons. The van der Waals surface area contributed by atoms with Crippen molar-refractivity contribution < 1.29 is 9.53 Å². The van der Waals surface area contributed by atoms with Gasteiger partial charge in [0.05, 0.1) is 0 Å². The molecule has 1 fully saturated rings. The summed E-state index contributed by atoms with van der Waals surface area (Å²) >= 11 is 0. The third kappa shape index (κ3) is 4.61. The van der Waals surface area contributed by atoms with Crippen LogP contribution in [0.1, 0.15) is 22.3 Å². The average Bonchev–Trinajstić information content (AvgIpc) is 2.62. The number of hydrogen-bond acceptors (Lipinski definition) is 4. The van der Waals surface area contributed by atoms with Crippen molar-refractivity contribution in [3.8, 4) is 5.75 Å². The molecule has 138 valence electrons. The Balaban J connectivity index is 1.48. The highest BCUT2D eigenvalue weighted by molar-refractivity contribution is 5.78. The van der Waals surface area contributed by atoms with E-state index in [9.17, 15) is 4.79 Å². The van der Waals surface area contributed by atoms with Crippen LogP contribution in [0.5, 0.6) is 5.75 Å². The van der Waals surface area contributed by atoms with Gasteiger partial charge in [-0.15, -0.1) is 0 Å². The van der Waals surface area contributed by atoms with Gasteiger partial charge in [0.25, 0.3) is 5.91 Å². The molecule has 1 aliphatic rings. The summed E-state index contributed by atoms with van der Waals surface area (Å²) < 4.78 is 5.85. The number of ether oxygens (including phenoxy) is 1. The largest absolute Gasteiger partial charge is 0.483 e. The van der Waals surface area contributed by atoms with Crippen LogP contribution in [-0.2, 0) is 11.3 Å². The second kappa shape index (κ2) is 8.32. The molecule has 2 aromatic rings. The first-order valence-corrected chi connectivity index (χ1v) is 9.12. The summed E-state index contributed by atoms with van der Waals surface area (Å²) in [5.41, 5.74) is 4.63. The number of carbonyl (C=O) groups excluding carboxylic acids is 1. The van der Waals surface area contributed by atoms with Crippen LogP contribution in [-0.4, -0.2) is 53.5 Å². The van der Waals surface area contributed by atoms with E-state index in [0.717, 1.165) is 49.6 Å². The number of amides is 1. The molecule has 1 amide bonds. The van der Waals surface area contributed by atoms with Crippen molar-refractivity contribution in [1.82, 2.24) is 14.8 Å². The predicted octanol–water partition coefficient (Wildman–Crippen LogP) is 2.73. The van der Waals surface area contributed by atoms with E-state index >= 15 is 0 Å². The highest BCUT2D eigenvalue weighted by atomic mass is 16.5. The van der Waals surface area contributed by atoms with E-state index in [1.165, 1.54) is 11.1 Å². The smallest absolute Gasteiger partial charge is 0.260 e. The first kappa shape index (κ1) is 18.4. The standard InChI is InChI=1S/C21H27N3O2/c1-16-12-17(2)21(18(3)13-16)26-15-20(25)24-10-8-23(9-11-24)14-19-4-6-22-7-5-19/h4-7,12-13H,8-11,14-15H2,1-3H3. The summed E-state index contributed by atoms with van der Waals surface area (Å²) in [6, 6.07) is 8.25. The van der Waals surface area contributed by atoms with Crippen LogP contribution in [0, 0.1) is 20.8 Å². The predicted molar refractivity (Wildman–Crippen MR) is 102 cm³/mol. The van der Waals surface area contributed by atoms with Gasteiger partial charge in [0, 0.05) is 45.1 Å². The second-order valence-electron chi connectivity index (χ2n) is 7.03. The molecule has 0 spiro atoms. The first-order chi connectivity index (χ1) is 12.5. The van der Waals surface area contributed by atoms with Crippen molar-refractivity contribution in [2.24, 2.45) is 0 Å².